The number of benzene rings is 1. The highest BCUT2D eigenvalue weighted by molar-refractivity contribution is 5.84. The average Bonchev–Trinajstić information content (AvgIpc) is 2.32. The Morgan fingerprint density at radius 3 is 2.67 bits per heavy atom. The molecule has 1 aromatic carbocycles. The minimum atomic E-state index is 0.330. The normalized spacial score (nSPS) is 13.1. The monoisotopic (exact) mass is 247 g/mol. The molecule has 0 aromatic heterocycles. The van der Waals surface area contributed by atoms with Gasteiger partial charge in [-0.25, -0.2) is 0 Å². The molecule has 0 spiro atoms. The van der Waals surface area contributed by atoms with Crippen molar-refractivity contribution >= 4 is 6.21 Å². The second-order valence-corrected chi connectivity index (χ2v) is 5.14. The van der Waals surface area contributed by atoms with Crippen LogP contribution in [0.2, 0.25) is 0 Å². The molecule has 0 aliphatic rings. The zero-order valence-electron chi connectivity index (χ0n) is 12.0. The highest BCUT2D eigenvalue weighted by Gasteiger charge is 2.04. The summed E-state index contributed by atoms with van der Waals surface area (Å²) in [6.45, 7) is 8.30. The van der Waals surface area contributed by atoms with Crippen LogP contribution in [0.4, 0.5) is 0 Å². The Balaban J connectivity index is 2.66. The molecule has 1 aromatic rings. The maximum atomic E-state index is 9.96. The molecule has 0 bridgehead atoms. The molecule has 100 valence electrons. The van der Waals surface area contributed by atoms with Crippen molar-refractivity contribution in [2.24, 2.45) is 4.99 Å². The third-order valence-electron chi connectivity index (χ3n) is 3.17. The van der Waals surface area contributed by atoms with E-state index in [0.717, 1.165) is 23.1 Å². The van der Waals surface area contributed by atoms with Crippen molar-refractivity contribution in [1.29, 1.82) is 0 Å². The fourth-order valence-electron chi connectivity index (χ4n) is 2.06. The highest BCUT2D eigenvalue weighted by Crippen LogP contribution is 2.22. The number of hydrogen-bond acceptors (Lipinski definition) is 2. The van der Waals surface area contributed by atoms with Crippen molar-refractivity contribution in [3.8, 4) is 5.75 Å². The molecule has 0 fully saturated rings. The lowest BCUT2D eigenvalue weighted by Crippen LogP contribution is -1.99. The summed E-state index contributed by atoms with van der Waals surface area (Å²) >= 11 is 0. The van der Waals surface area contributed by atoms with E-state index in [1.807, 2.05) is 32.2 Å². The molecule has 2 heteroatoms. The summed E-state index contributed by atoms with van der Waals surface area (Å²) in [7, 11) is 0. The molecule has 1 unspecified atom stereocenters. The van der Waals surface area contributed by atoms with Crippen molar-refractivity contribution in [2.45, 2.75) is 59.4 Å². The van der Waals surface area contributed by atoms with Gasteiger partial charge in [0.1, 0.15) is 5.75 Å². The Kier molecular flexibility index (Phi) is 5.90. The van der Waals surface area contributed by atoms with Gasteiger partial charge in [0.25, 0.3) is 0 Å². The zero-order chi connectivity index (χ0) is 13.5. The maximum absolute atomic E-state index is 9.96. The van der Waals surface area contributed by atoms with Crippen LogP contribution in [0.5, 0.6) is 5.75 Å². The van der Waals surface area contributed by atoms with E-state index in [1.54, 1.807) is 0 Å². The van der Waals surface area contributed by atoms with E-state index in [2.05, 4.69) is 18.8 Å². The van der Waals surface area contributed by atoms with Gasteiger partial charge in [0.2, 0.25) is 0 Å². The topological polar surface area (TPSA) is 32.6 Å². The minimum Gasteiger partial charge on any atom is -0.507 e. The maximum Gasteiger partial charge on any atom is 0.127 e. The minimum absolute atomic E-state index is 0.330. The van der Waals surface area contributed by atoms with Gasteiger partial charge >= 0.3 is 0 Å². The Labute approximate surface area is 111 Å². The number of nitrogens with zero attached hydrogens (tertiary/aromatic N) is 1. The standard InChI is InChI=1S/C16H25NO/c1-5-6-7-8-14(4)17-11-15-10-12(2)9-13(3)16(15)18/h9-11,14,18H,5-8H2,1-4H3. The van der Waals surface area contributed by atoms with Crippen LogP contribution in [0, 0.1) is 13.8 Å². The molecule has 1 atom stereocenters. The molecule has 0 saturated carbocycles. The molecule has 1 N–H and O–H groups in total. The van der Waals surface area contributed by atoms with Crippen molar-refractivity contribution in [3.63, 3.8) is 0 Å². The number of phenolic OH excluding ortho intramolecular Hbond substituents is 1. The van der Waals surface area contributed by atoms with Gasteiger partial charge in [0, 0.05) is 17.8 Å². The fourth-order valence-corrected chi connectivity index (χ4v) is 2.06. The summed E-state index contributed by atoms with van der Waals surface area (Å²) in [5.74, 6) is 0.352. The first-order valence-electron chi connectivity index (χ1n) is 6.88. The summed E-state index contributed by atoms with van der Waals surface area (Å²) in [5.41, 5.74) is 2.90. The molecule has 1 rings (SSSR count). The molecule has 0 aliphatic carbocycles. The van der Waals surface area contributed by atoms with Gasteiger partial charge < -0.3 is 5.11 Å². The quantitative estimate of drug-likeness (QED) is 0.586. The van der Waals surface area contributed by atoms with Gasteiger partial charge in [-0.3, -0.25) is 4.99 Å². The predicted octanol–water partition coefficient (Wildman–Crippen LogP) is 4.40. The van der Waals surface area contributed by atoms with E-state index >= 15 is 0 Å². The molecular formula is C16H25NO. The molecular weight excluding hydrogens is 222 g/mol. The third-order valence-corrected chi connectivity index (χ3v) is 3.17. The number of aryl methyl sites for hydroxylation is 2. The molecule has 0 heterocycles. The number of unbranched alkanes of at least 4 members (excludes halogenated alkanes) is 2. The SMILES string of the molecule is CCCCCC(C)N=Cc1cc(C)cc(C)c1O. The van der Waals surface area contributed by atoms with Crippen molar-refractivity contribution < 1.29 is 5.11 Å². The van der Waals surface area contributed by atoms with Crippen LogP contribution in [-0.2, 0) is 0 Å². The third kappa shape index (κ3) is 4.52. The van der Waals surface area contributed by atoms with Gasteiger partial charge in [-0.05, 0) is 44.4 Å². The number of aromatic hydroxyl groups is 1. The van der Waals surface area contributed by atoms with E-state index in [0.29, 0.717) is 11.8 Å². The van der Waals surface area contributed by atoms with Gasteiger partial charge in [0.05, 0.1) is 0 Å². The van der Waals surface area contributed by atoms with E-state index in [9.17, 15) is 5.11 Å². The van der Waals surface area contributed by atoms with Crippen LogP contribution in [0.25, 0.3) is 0 Å². The summed E-state index contributed by atoms with van der Waals surface area (Å²) < 4.78 is 0. The number of hydrogen-bond donors (Lipinski definition) is 1. The lowest BCUT2D eigenvalue weighted by Gasteiger charge is -2.07. The van der Waals surface area contributed by atoms with E-state index in [4.69, 9.17) is 0 Å². The Morgan fingerprint density at radius 2 is 2.00 bits per heavy atom. The summed E-state index contributed by atoms with van der Waals surface area (Å²) in [6, 6.07) is 4.29. The largest absolute Gasteiger partial charge is 0.507 e. The molecule has 0 saturated heterocycles. The van der Waals surface area contributed by atoms with E-state index in [1.165, 1.54) is 19.3 Å². The summed E-state index contributed by atoms with van der Waals surface area (Å²) in [4.78, 5) is 4.52. The van der Waals surface area contributed by atoms with E-state index in [-0.39, 0.29) is 0 Å². The lowest BCUT2D eigenvalue weighted by molar-refractivity contribution is 0.470. The van der Waals surface area contributed by atoms with Crippen LogP contribution in [0.3, 0.4) is 0 Å². The van der Waals surface area contributed by atoms with Crippen LogP contribution >= 0.6 is 0 Å². The van der Waals surface area contributed by atoms with Gasteiger partial charge in [-0.15, -0.1) is 0 Å². The molecule has 0 amide bonds. The van der Waals surface area contributed by atoms with Crippen LogP contribution < -0.4 is 0 Å². The van der Waals surface area contributed by atoms with Crippen LogP contribution in [0.15, 0.2) is 17.1 Å². The van der Waals surface area contributed by atoms with Gasteiger partial charge in [-0.1, -0.05) is 32.3 Å². The highest BCUT2D eigenvalue weighted by atomic mass is 16.3. The first kappa shape index (κ1) is 14.7. The fraction of sp³-hybridized carbons (Fsp3) is 0.562. The summed E-state index contributed by atoms with van der Waals surface area (Å²) in [6.07, 6.45) is 6.68. The second-order valence-electron chi connectivity index (χ2n) is 5.14. The molecule has 0 radical (unpaired) electrons. The lowest BCUT2D eigenvalue weighted by atomic mass is 10.1. The van der Waals surface area contributed by atoms with Crippen molar-refractivity contribution in [3.05, 3.63) is 28.8 Å². The van der Waals surface area contributed by atoms with Gasteiger partial charge in [0.15, 0.2) is 0 Å². The first-order chi connectivity index (χ1) is 8.54. The summed E-state index contributed by atoms with van der Waals surface area (Å²) in [5, 5.41) is 9.96. The number of aliphatic imine (C=N–C) groups is 1. The molecule has 2 nitrogen and oxygen atoms in total. The smallest absolute Gasteiger partial charge is 0.127 e. The van der Waals surface area contributed by atoms with Crippen molar-refractivity contribution in [2.75, 3.05) is 0 Å². The average molecular weight is 247 g/mol. The van der Waals surface area contributed by atoms with E-state index < -0.39 is 0 Å². The Bertz CT molecular complexity index is 410. The Hall–Kier alpha value is -1.31. The predicted molar refractivity (Wildman–Crippen MR) is 78.8 cm³/mol. The second kappa shape index (κ2) is 7.20. The number of phenols is 1. The van der Waals surface area contributed by atoms with Crippen LogP contribution in [0.1, 0.15) is 56.2 Å². The van der Waals surface area contributed by atoms with Crippen molar-refractivity contribution in [1.82, 2.24) is 0 Å². The Morgan fingerprint density at radius 1 is 1.28 bits per heavy atom. The first-order valence-corrected chi connectivity index (χ1v) is 6.88. The molecule has 18 heavy (non-hydrogen) atoms. The van der Waals surface area contributed by atoms with Gasteiger partial charge in [-0.2, -0.15) is 0 Å². The van der Waals surface area contributed by atoms with Crippen LogP contribution in [-0.4, -0.2) is 17.4 Å². The molecule has 0 aliphatic heterocycles. The number of rotatable bonds is 6. The zero-order valence-corrected chi connectivity index (χ0v) is 12.0.